The molecule has 30 heavy (non-hydrogen) atoms. The van der Waals surface area contributed by atoms with Crippen molar-refractivity contribution < 1.29 is 16.8 Å². The lowest BCUT2D eigenvalue weighted by Crippen LogP contribution is -2.14. The molecule has 3 aromatic rings. The minimum Gasteiger partial charge on any atom is -0.255 e. The van der Waals surface area contributed by atoms with Crippen molar-refractivity contribution in [3.63, 3.8) is 0 Å². The van der Waals surface area contributed by atoms with Gasteiger partial charge in [-0.05, 0) is 43.0 Å². The number of nitrogens with zero attached hydrogens (tertiary/aromatic N) is 1. The summed E-state index contributed by atoms with van der Waals surface area (Å²) in [6.45, 7) is 1.59. The van der Waals surface area contributed by atoms with Crippen molar-refractivity contribution in [3.05, 3.63) is 42.5 Å². The fraction of sp³-hybridized carbons (Fsp3) is 0.235. The Morgan fingerprint density at radius 3 is 2.40 bits per heavy atom. The van der Waals surface area contributed by atoms with Gasteiger partial charge in [-0.1, -0.05) is 34.8 Å². The second-order valence-corrected chi connectivity index (χ2v) is 14.1. The van der Waals surface area contributed by atoms with E-state index in [1.54, 1.807) is 6.92 Å². The van der Waals surface area contributed by atoms with Gasteiger partial charge in [-0.25, -0.2) is 21.8 Å². The SMILES string of the molecule is Cc1cc(Cl)cc(Cl)c1S(=O)(=O)Nc1nc2c(s1)CCc1c(Cl)sc(S(C)(=O)=O)c1-2. The largest absolute Gasteiger partial charge is 0.265 e. The van der Waals surface area contributed by atoms with E-state index in [-0.39, 0.29) is 19.3 Å². The summed E-state index contributed by atoms with van der Waals surface area (Å²) in [4.78, 5) is 5.11. The van der Waals surface area contributed by atoms with Gasteiger partial charge in [0.25, 0.3) is 10.0 Å². The average molecular weight is 544 g/mol. The molecule has 6 nitrogen and oxygen atoms in total. The van der Waals surface area contributed by atoms with Gasteiger partial charge in [0.15, 0.2) is 15.0 Å². The first-order chi connectivity index (χ1) is 13.9. The summed E-state index contributed by atoms with van der Waals surface area (Å²) < 4.78 is 53.4. The van der Waals surface area contributed by atoms with Crippen LogP contribution in [0.2, 0.25) is 14.4 Å². The van der Waals surface area contributed by atoms with Crippen LogP contribution in [0.15, 0.2) is 21.2 Å². The number of anilines is 1. The number of hydrogen-bond acceptors (Lipinski definition) is 7. The van der Waals surface area contributed by atoms with E-state index < -0.39 is 19.9 Å². The summed E-state index contributed by atoms with van der Waals surface area (Å²) in [7, 11) is -7.56. The number of aryl methyl sites for hydroxylation is 2. The maximum Gasteiger partial charge on any atom is 0.265 e. The van der Waals surface area contributed by atoms with Crippen molar-refractivity contribution in [2.45, 2.75) is 28.9 Å². The molecule has 1 N–H and O–H groups in total. The number of sulfonamides is 1. The van der Waals surface area contributed by atoms with Crippen LogP contribution in [0.1, 0.15) is 16.0 Å². The Labute approximate surface area is 196 Å². The van der Waals surface area contributed by atoms with Gasteiger partial charge in [0, 0.05) is 21.7 Å². The Morgan fingerprint density at radius 2 is 1.77 bits per heavy atom. The third kappa shape index (κ3) is 3.87. The number of benzene rings is 1. The highest BCUT2D eigenvalue weighted by molar-refractivity contribution is 7.93. The molecule has 0 bridgehead atoms. The number of rotatable bonds is 4. The van der Waals surface area contributed by atoms with Crippen molar-refractivity contribution in [1.29, 1.82) is 0 Å². The van der Waals surface area contributed by atoms with Gasteiger partial charge in [-0.15, -0.1) is 22.7 Å². The molecule has 1 aliphatic rings. The maximum atomic E-state index is 13.0. The third-order valence-corrected chi connectivity index (χ3v) is 11.1. The summed E-state index contributed by atoms with van der Waals surface area (Å²) in [6.07, 6.45) is 2.26. The minimum atomic E-state index is -4.04. The van der Waals surface area contributed by atoms with Crippen LogP contribution in [0.25, 0.3) is 11.3 Å². The Morgan fingerprint density at radius 1 is 1.07 bits per heavy atom. The molecule has 160 valence electrons. The van der Waals surface area contributed by atoms with Crippen molar-refractivity contribution in [3.8, 4) is 11.3 Å². The quantitative estimate of drug-likeness (QED) is 0.473. The van der Waals surface area contributed by atoms with E-state index in [0.717, 1.165) is 39.4 Å². The van der Waals surface area contributed by atoms with E-state index in [0.29, 0.717) is 39.0 Å². The first-order valence-electron chi connectivity index (χ1n) is 8.38. The zero-order valence-electron chi connectivity index (χ0n) is 15.4. The van der Waals surface area contributed by atoms with E-state index in [9.17, 15) is 16.8 Å². The molecule has 4 rings (SSSR count). The lowest BCUT2D eigenvalue weighted by molar-refractivity contribution is 0.599. The zero-order valence-corrected chi connectivity index (χ0v) is 20.9. The normalized spacial score (nSPS) is 13.8. The van der Waals surface area contributed by atoms with E-state index in [2.05, 4.69) is 9.71 Å². The molecule has 0 amide bonds. The van der Waals surface area contributed by atoms with E-state index in [4.69, 9.17) is 34.8 Å². The molecule has 0 aliphatic heterocycles. The van der Waals surface area contributed by atoms with Crippen LogP contribution in [-0.2, 0) is 32.7 Å². The predicted molar refractivity (Wildman–Crippen MR) is 123 cm³/mol. The monoisotopic (exact) mass is 542 g/mol. The van der Waals surface area contributed by atoms with Gasteiger partial charge < -0.3 is 0 Å². The van der Waals surface area contributed by atoms with Gasteiger partial charge in [-0.2, -0.15) is 0 Å². The maximum absolute atomic E-state index is 13.0. The van der Waals surface area contributed by atoms with Crippen molar-refractivity contribution in [2.75, 3.05) is 11.0 Å². The fourth-order valence-electron chi connectivity index (χ4n) is 3.33. The molecule has 0 radical (unpaired) electrons. The topological polar surface area (TPSA) is 93.2 Å². The number of aromatic nitrogens is 1. The number of nitrogens with one attached hydrogen (secondary N) is 1. The van der Waals surface area contributed by atoms with Gasteiger partial charge >= 0.3 is 0 Å². The van der Waals surface area contributed by atoms with Gasteiger partial charge in [0.1, 0.15) is 9.10 Å². The molecule has 2 heterocycles. The summed E-state index contributed by atoms with van der Waals surface area (Å²) in [5.41, 5.74) is 2.04. The lowest BCUT2D eigenvalue weighted by atomic mass is 9.98. The molecule has 13 heteroatoms. The summed E-state index contributed by atoms with van der Waals surface area (Å²) in [5.74, 6) is 0. The molecule has 1 aromatic carbocycles. The molecular weight excluding hydrogens is 531 g/mol. The van der Waals surface area contributed by atoms with Crippen LogP contribution in [-0.4, -0.2) is 28.1 Å². The number of thiophene rings is 1. The number of sulfone groups is 1. The van der Waals surface area contributed by atoms with Crippen LogP contribution < -0.4 is 4.72 Å². The van der Waals surface area contributed by atoms with Crippen molar-refractivity contribution >= 4 is 82.5 Å². The summed E-state index contributed by atoms with van der Waals surface area (Å²) >= 11 is 20.5. The van der Waals surface area contributed by atoms with E-state index >= 15 is 0 Å². The first-order valence-corrected chi connectivity index (χ1v) is 14.5. The molecule has 0 fully saturated rings. The molecule has 0 saturated heterocycles. The fourth-order valence-corrected chi connectivity index (χ4v) is 9.54. The van der Waals surface area contributed by atoms with Crippen LogP contribution in [0, 0.1) is 6.92 Å². The number of halogens is 3. The molecular formula is C17H13Cl3N2O4S4. The van der Waals surface area contributed by atoms with Gasteiger partial charge in [-0.3, -0.25) is 4.72 Å². The minimum absolute atomic E-state index is 0.0000784. The molecule has 1 aliphatic carbocycles. The van der Waals surface area contributed by atoms with E-state index in [1.165, 1.54) is 12.1 Å². The van der Waals surface area contributed by atoms with Crippen LogP contribution in [0.5, 0.6) is 0 Å². The third-order valence-electron chi connectivity index (χ3n) is 4.48. The van der Waals surface area contributed by atoms with Crippen molar-refractivity contribution in [2.24, 2.45) is 0 Å². The highest BCUT2D eigenvalue weighted by Crippen LogP contribution is 2.48. The smallest absolute Gasteiger partial charge is 0.255 e. The Bertz CT molecular complexity index is 1390. The average Bonchev–Trinajstić information content (AvgIpc) is 3.13. The van der Waals surface area contributed by atoms with Crippen LogP contribution >= 0.6 is 57.5 Å². The molecule has 0 saturated carbocycles. The second-order valence-electron chi connectivity index (χ2n) is 6.72. The molecule has 0 unspecified atom stereocenters. The lowest BCUT2D eigenvalue weighted by Gasteiger charge is -2.12. The number of thiazole rings is 1. The number of hydrogen-bond donors (Lipinski definition) is 1. The van der Waals surface area contributed by atoms with E-state index in [1.807, 2.05) is 0 Å². The van der Waals surface area contributed by atoms with Crippen LogP contribution in [0.4, 0.5) is 5.13 Å². The zero-order chi connectivity index (χ0) is 22.0. The van der Waals surface area contributed by atoms with Gasteiger partial charge in [0.2, 0.25) is 0 Å². The molecule has 0 atom stereocenters. The highest BCUT2D eigenvalue weighted by atomic mass is 35.5. The summed E-state index contributed by atoms with van der Waals surface area (Å²) in [6, 6.07) is 2.86. The van der Waals surface area contributed by atoms with Crippen LogP contribution in [0.3, 0.4) is 0 Å². The Balaban J connectivity index is 1.79. The Kier molecular flexibility index (Phi) is 5.66. The van der Waals surface area contributed by atoms with Crippen molar-refractivity contribution in [1.82, 2.24) is 4.98 Å². The second kappa shape index (κ2) is 7.61. The summed E-state index contributed by atoms with van der Waals surface area (Å²) in [5, 5.41) is 0.455. The Hall–Kier alpha value is -0.880. The molecule has 2 aromatic heterocycles. The molecule has 0 spiro atoms. The van der Waals surface area contributed by atoms with Gasteiger partial charge in [0.05, 0.1) is 15.1 Å². The predicted octanol–water partition coefficient (Wildman–Crippen LogP) is 5.44. The first kappa shape index (κ1) is 22.3. The standard InChI is InChI=1S/C17H13Cl3N2O4S4/c1-7-5-8(18)6-10(19)14(7)30(25,26)22-17-21-13-11(27-17)4-3-9-12(13)16(28-15(9)20)29(2,23)24/h5-6H,3-4H2,1-2H3,(H,21,22). The highest BCUT2D eigenvalue weighted by Gasteiger charge is 2.32. The number of fused-ring (bicyclic) bond motifs is 3.